The zero-order chi connectivity index (χ0) is 17.9. The number of phenolic OH excluding ortho intramolecular Hbond substituents is 2. The second-order valence-electron chi connectivity index (χ2n) is 6.90. The number of aromatic hydroxyl groups is 2. The van der Waals surface area contributed by atoms with Crippen molar-refractivity contribution in [1.82, 2.24) is 0 Å². The summed E-state index contributed by atoms with van der Waals surface area (Å²) in [6.07, 6.45) is 1.87. The second kappa shape index (κ2) is 5.17. The van der Waals surface area contributed by atoms with E-state index in [1.807, 2.05) is 6.92 Å². The number of phenols is 2. The Balaban J connectivity index is 1.96. The first kappa shape index (κ1) is 15.8. The molecule has 4 rings (SSSR count). The summed E-state index contributed by atoms with van der Waals surface area (Å²) in [5.74, 6) is -1.39. The number of carbonyl (C=O) groups is 2. The fraction of sp³-hybridized carbons (Fsp3) is 0.300. The van der Waals surface area contributed by atoms with Crippen molar-refractivity contribution in [2.24, 2.45) is 0 Å². The Morgan fingerprint density at radius 1 is 1.08 bits per heavy atom. The summed E-state index contributed by atoms with van der Waals surface area (Å²) in [5, 5.41) is 31.3. The molecule has 0 saturated carbocycles. The molecule has 2 aliphatic rings. The van der Waals surface area contributed by atoms with Gasteiger partial charge in [0.05, 0.1) is 16.7 Å². The number of carbonyl (C=O) groups excluding carboxylic acids is 2. The van der Waals surface area contributed by atoms with Crippen molar-refractivity contribution in [1.29, 1.82) is 0 Å². The van der Waals surface area contributed by atoms with Crippen LogP contribution in [-0.2, 0) is 12.8 Å². The minimum atomic E-state index is -0.906. The van der Waals surface area contributed by atoms with Gasteiger partial charge in [-0.2, -0.15) is 0 Å². The summed E-state index contributed by atoms with van der Waals surface area (Å²) >= 11 is 0. The summed E-state index contributed by atoms with van der Waals surface area (Å²) in [5.41, 5.74) is 0.582. The van der Waals surface area contributed by atoms with E-state index < -0.39 is 17.2 Å². The normalized spacial score (nSPS) is 21.5. The average molecular weight is 338 g/mol. The molecule has 0 spiro atoms. The predicted octanol–water partition coefficient (Wildman–Crippen LogP) is 2.50. The molecule has 1 atom stereocenters. The van der Waals surface area contributed by atoms with Crippen LogP contribution in [0.2, 0.25) is 0 Å². The number of benzene rings is 2. The van der Waals surface area contributed by atoms with Crippen molar-refractivity contribution in [2.75, 3.05) is 0 Å². The summed E-state index contributed by atoms with van der Waals surface area (Å²) in [6.45, 7) is 1.88. The minimum absolute atomic E-state index is 0.0137. The van der Waals surface area contributed by atoms with Crippen LogP contribution in [0.4, 0.5) is 0 Å². The van der Waals surface area contributed by atoms with Gasteiger partial charge in [-0.3, -0.25) is 9.59 Å². The van der Waals surface area contributed by atoms with Gasteiger partial charge in [0.1, 0.15) is 11.5 Å². The van der Waals surface area contributed by atoms with Gasteiger partial charge in [0.15, 0.2) is 11.6 Å². The number of aliphatic hydroxyl groups is 1. The van der Waals surface area contributed by atoms with Crippen molar-refractivity contribution in [2.45, 2.75) is 38.2 Å². The van der Waals surface area contributed by atoms with Crippen LogP contribution in [0.1, 0.15) is 62.7 Å². The first-order valence-electron chi connectivity index (χ1n) is 8.38. The third-order valence-corrected chi connectivity index (χ3v) is 5.51. The highest BCUT2D eigenvalue weighted by atomic mass is 16.3. The lowest BCUT2D eigenvalue weighted by molar-refractivity contribution is 0.0219. The van der Waals surface area contributed by atoms with Crippen LogP contribution in [0.15, 0.2) is 24.3 Å². The predicted molar refractivity (Wildman–Crippen MR) is 90.3 cm³/mol. The number of hydrogen-bond acceptors (Lipinski definition) is 5. The molecule has 0 heterocycles. The molecule has 2 aromatic rings. The van der Waals surface area contributed by atoms with Crippen LogP contribution in [-0.4, -0.2) is 32.5 Å². The smallest absolute Gasteiger partial charge is 0.198 e. The molecule has 25 heavy (non-hydrogen) atoms. The lowest BCUT2D eigenvalue weighted by atomic mass is 9.74. The standard InChI is InChI=1S/C20H18O5/c1-2-20(25)7-6-10-8-12-16(19(24)13(10)9-20)17(22)11-4-3-5-14(21)15(11)18(12)23/h3-5,8,21,24-25H,2,6-7,9H2,1H3. The molecule has 0 radical (unpaired) electrons. The Morgan fingerprint density at radius 3 is 2.52 bits per heavy atom. The maximum Gasteiger partial charge on any atom is 0.198 e. The van der Waals surface area contributed by atoms with E-state index in [1.54, 1.807) is 6.07 Å². The minimum Gasteiger partial charge on any atom is -0.507 e. The van der Waals surface area contributed by atoms with Gasteiger partial charge in [-0.25, -0.2) is 0 Å². The third-order valence-electron chi connectivity index (χ3n) is 5.51. The third kappa shape index (κ3) is 2.12. The number of aryl methyl sites for hydroxylation is 1. The molecule has 0 fully saturated rings. The van der Waals surface area contributed by atoms with Crippen LogP contribution >= 0.6 is 0 Å². The fourth-order valence-electron chi connectivity index (χ4n) is 3.92. The molecule has 3 N–H and O–H groups in total. The Kier molecular flexibility index (Phi) is 3.27. The zero-order valence-electron chi connectivity index (χ0n) is 13.8. The number of fused-ring (bicyclic) bond motifs is 3. The first-order chi connectivity index (χ1) is 11.9. The summed E-state index contributed by atoms with van der Waals surface area (Å²) in [4.78, 5) is 25.7. The van der Waals surface area contributed by atoms with E-state index >= 15 is 0 Å². The molecule has 2 aromatic carbocycles. The first-order valence-corrected chi connectivity index (χ1v) is 8.38. The van der Waals surface area contributed by atoms with Gasteiger partial charge in [-0.1, -0.05) is 19.1 Å². The fourth-order valence-corrected chi connectivity index (χ4v) is 3.92. The van der Waals surface area contributed by atoms with Crippen molar-refractivity contribution in [3.05, 3.63) is 57.6 Å². The summed E-state index contributed by atoms with van der Waals surface area (Å²) in [7, 11) is 0. The maximum atomic E-state index is 12.9. The van der Waals surface area contributed by atoms with E-state index in [4.69, 9.17) is 0 Å². The molecular weight excluding hydrogens is 320 g/mol. The number of rotatable bonds is 1. The molecule has 128 valence electrons. The average Bonchev–Trinajstić information content (AvgIpc) is 2.60. The Bertz CT molecular complexity index is 944. The van der Waals surface area contributed by atoms with Crippen molar-refractivity contribution >= 4 is 11.6 Å². The van der Waals surface area contributed by atoms with Gasteiger partial charge >= 0.3 is 0 Å². The zero-order valence-corrected chi connectivity index (χ0v) is 13.8. The van der Waals surface area contributed by atoms with Crippen LogP contribution in [0.25, 0.3) is 0 Å². The second-order valence-corrected chi connectivity index (χ2v) is 6.90. The van der Waals surface area contributed by atoms with Gasteiger partial charge in [0.2, 0.25) is 0 Å². The van der Waals surface area contributed by atoms with Crippen molar-refractivity contribution in [3.8, 4) is 11.5 Å². The molecule has 5 heteroatoms. The van der Waals surface area contributed by atoms with Crippen molar-refractivity contribution in [3.63, 3.8) is 0 Å². The highest BCUT2D eigenvalue weighted by Gasteiger charge is 2.39. The van der Waals surface area contributed by atoms with Crippen LogP contribution in [0.3, 0.4) is 0 Å². The van der Waals surface area contributed by atoms with E-state index in [0.29, 0.717) is 24.8 Å². The lowest BCUT2D eigenvalue weighted by Gasteiger charge is -2.34. The largest absolute Gasteiger partial charge is 0.507 e. The summed E-state index contributed by atoms with van der Waals surface area (Å²) in [6, 6.07) is 5.97. The van der Waals surface area contributed by atoms with Crippen LogP contribution in [0.5, 0.6) is 11.5 Å². The molecule has 5 nitrogen and oxygen atoms in total. The Morgan fingerprint density at radius 2 is 1.80 bits per heavy atom. The van der Waals surface area contributed by atoms with Crippen LogP contribution in [0, 0.1) is 0 Å². The van der Waals surface area contributed by atoms with Gasteiger partial charge in [0, 0.05) is 23.1 Å². The van der Waals surface area contributed by atoms with Gasteiger partial charge in [-0.15, -0.1) is 0 Å². The van der Waals surface area contributed by atoms with Crippen LogP contribution < -0.4 is 0 Å². The Hall–Kier alpha value is -2.66. The van der Waals surface area contributed by atoms with E-state index in [-0.39, 0.29) is 40.2 Å². The number of ketones is 2. The highest BCUT2D eigenvalue weighted by Crippen LogP contribution is 2.43. The summed E-state index contributed by atoms with van der Waals surface area (Å²) < 4.78 is 0. The molecule has 0 aliphatic heterocycles. The molecule has 0 saturated heterocycles. The molecule has 0 bridgehead atoms. The monoisotopic (exact) mass is 338 g/mol. The lowest BCUT2D eigenvalue weighted by Crippen LogP contribution is -2.35. The van der Waals surface area contributed by atoms with E-state index in [2.05, 4.69) is 0 Å². The van der Waals surface area contributed by atoms with Gasteiger partial charge < -0.3 is 15.3 Å². The maximum absolute atomic E-state index is 12.9. The van der Waals surface area contributed by atoms with E-state index in [1.165, 1.54) is 18.2 Å². The molecule has 2 aliphatic carbocycles. The Labute approximate surface area is 144 Å². The molecular formula is C20H18O5. The quantitative estimate of drug-likeness (QED) is 0.634. The molecule has 0 amide bonds. The highest BCUT2D eigenvalue weighted by molar-refractivity contribution is 6.30. The van der Waals surface area contributed by atoms with Gasteiger partial charge in [0.25, 0.3) is 0 Å². The number of hydrogen-bond donors (Lipinski definition) is 3. The van der Waals surface area contributed by atoms with E-state index in [0.717, 1.165) is 5.56 Å². The van der Waals surface area contributed by atoms with Gasteiger partial charge in [-0.05, 0) is 37.0 Å². The van der Waals surface area contributed by atoms with E-state index in [9.17, 15) is 24.9 Å². The molecule has 0 aromatic heterocycles. The molecule has 1 unspecified atom stereocenters. The topological polar surface area (TPSA) is 94.8 Å². The van der Waals surface area contributed by atoms with Crippen molar-refractivity contribution < 1.29 is 24.9 Å². The SMILES string of the molecule is CCC1(O)CCc2cc3c(c(O)c2C1)C(=O)c1cccc(O)c1C3=O.